The van der Waals surface area contributed by atoms with Crippen molar-refractivity contribution in [2.75, 3.05) is 27.7 Å². The van der Waals surface area contributed by atoms with E-state index in [4.69, 9.17) is 9.47 Å². The first-order valence-electron chi connectivity index (χ1n) is 8.72. The number of rotatable bonds is 8. The maximum atomic E-state index is 12.4. The molecule has 2 atom stereocenters. The van der Waals surface area contributed by atoms with Gasteiger partial charge in [-0.15, -0.1) is 0 Å². The number of benzene rings is 2. The van der Waals surface area contributed by atoms with E-state index in [1.165, 1.54) is 0 Å². The summed E-state index contributed by atoms with van der Waals surface area (Å²) in [6.45, 7) is 4.25. The molecule has 0 aliphatic rings. The number of carbonyl (C=O) groups is 1. The van der Waals surface area contributed by atoms with Gasteiger partial charge in [-0.05, 0) is 63.3 Å². The molecule has 0 bridgehead atoms. The Balaban J connectivity index is 1.95. The molecule has 1 amide bonds. The minimum Gasteiger partial charge on any atom is -0.497 e. The van der Waals surface area contributed by atoms with Gasteiger partial charge in [-0.1, -0.05) is 24.3 Å². The molecule has 0 aromatic heterocycles. The second-order valence-electron chi connectivity index (χ2n) is 6.57. The van der Waals surface area contributed by atoms with Crippen LogP contribution in [0.4, 0.5) is 0 Å². The van der Waals surface area contributed by atoms with Gasteiger partial charge >= 0.3 is 0 Å². The van der Waals surface area contributed by atoms with Crippen molar-refractivity contribution in [3.63, 3.8) is 0 Å². The molecular formula is C21H28N2O3. The maximum Gasteiger partial charge on any atom is 0.260 e. The Morgan fingerprint density at radius 2 is 1.81 bits per heavy atom. The third-order valence-electron chi connectivity index (χ3n) is 4.27. The van der Waals surface area contributed by atoms with Crippen LogP contribution in [-0.4, -0.2) is 44.7 Å². The third-order valence-corrected chi connectivity index (χ3v) is 4.27. The van der Waals surface area contributed by atoms with E-state index in [0.717, 1.165) is 16.9 Å². The highest BCUT2D eigenvalue weighted by Crippen LogP contribution is 2.21. The largest absolute Gasteiger partial charge is 0.497 e. The zero-order valence-corrected chi connectivity index (χ0v) is 16.2. The highest BCUT2D eigenvalue weighted by molar-refractivity contribution is 5.80. The standard InChI is InChI=1S/C21H28N2O3/c1-15-7-6-8-19(13-15)26-16(2)21(24)22-14-20(23(3)4)17-9-11-18(25-5)12-10-17/h6-13,16,20H,14H2,1-5H3,(H,22,24). The molecule has 0 aliphatic carbocycles. The zero-order valence-electron chi connectivity index (χ0n) is 16.2. The highest BCUT2D eigenvalue weighted by Gasteiger charge is 2.19. The number of methoxy groups -OCH3 is 1. The lowest BCUT2D eigenvalue weighted by atomic mass is 10.1. The van der Waals surface area contributed by atoms with Gasteiger partial charge in [0.05, 0.1) is 13.2 Å². The van der Waals surface area contributed by atoms with Gasteiger partial charge in [0.25, 0.3) is 5.91 Å². The molecule has 0 saturated carbocycles. The van der Waals surface area contributed by atoms with Crippen LogP contribution in [0.25, 0.3) is 0 Å². The van der Waals surface area contributed by atoms with Gasteiger partial charge in [0.2, 0.25) is 0 Å². The molecule has 0 heterocycles. The smallest absolute Gasteiger partial charge is 0.260 e. The first-order valence-corrected chi connectivity index (χ1v) is 8.72. The lowest BCUT2D eigenvalue weighted by Crippen LogP contribution is -2.41. The molecule has 0 saturated heterocycles. The van der Waals surface area contributed by atoms with Crippen LogP contribution in [0.3, 0.4) is 0 Å². The van der Waals surface area contributed by atoms with E-state index in [0.29, 0.717) is 12.3 Å². The number of carbonyl (C=O) groups excluding carboxylic acids is 1. The molecule has 2 unspecified atom stereocenters. The summed E-state index contributed by atoms with van der Waals surface area (Å²) < 4.78 is 10.9. The first-order chi connectivity index (χ1) is 12.4. The Morgan fingerprint density at radius 1 is 1.12 bits per heavy atom. The van der Waals surface area contributed by atoms with Crippen molar-refractivity contribution in [3.05, 3.63) is 59.7 Å². The molecule has 5 heteroatoms. The maximum absolute atomic E-state index is 12.4. The van der Waals surface area contributed by atoms with E-state index in [1.54, 1.807) is 14.0 Å². The van der Waals surface area contributed by atoms with Gasteiger partial charge in [-0.25, -0.2) is 0 Å². The van der Waals surface area contributed by atoms with Crippen molar-refractivity contribution in [2.45, 2.75) is 26.0 Å². The van der Waals surface area contributed by atoms with Gasteiger partial charge in [0.1, 0.15) is 11.5 Å². The van der Waals surface area contributed by atoms with Crippen molar-refractivity contribution in [3.8, 4) is 11.5 Å². The quantitative estimate of drug-likeness (QED) is 0.789. The minimum atomic E-state index is -0.560. The highest BCUT2D eigenvalue weighted by atomic mass is 16.5. The molecule has 26 heavy (non-hydrogen) atoms. The fourth-order valence-corrected chi connectivity index (χ4v) is 2.71. The molecule has 0 radical (unpaired) electrons. The molecule has 0 aliphatic heterocycles. The number of amides is 1. The van der Waals surface area contributed by atoms with Crippen molar-refractivity contribution >= 4 is 5.91 Å². The van der Waals surface area contributed by atoms with Gasteiger partial charge in [-0.2, -0.15) is 0 Å². The fraction of sp³-hybridized carbons (Fsp3) is 0.381. The van der Waals surface area contributed by atoms with Crippen LogP contribution in [0.15, 0.2) is 48.5 Å². The number of ether oxygens (including phenoxy) is 2. The third kappa shape index (κ3) is 5.49. The monoisotopic (exact) mass is 356 g/mol. The molecule has 2 rings (SSSR count). The van der Waals surface area contributed by atoms with Crippen LogP contribution in [0, 0.1) is 6.92 Å². The number of hydrogen-bond donors (Lipinski definition) is 1. The van der Waals surface area contributed by atoms with Gasteiger partial charge in [0.15, 0.2) is 6.10 Å². The molecule has 2 aromatic rings. The first kappa shape index (κ1) is 19.8. The summed E-state index contributed by atoms with van der Waals surface area (Å²) in [6.07, 6.45) is -0.560. The Kier molecular flexibility index (Phi) is 7.04. The Labute approximate surface area is 155 Å². The lowest BCUT2D eigenvalue weighted by Gasteiger charge is -2.26. The number of nitrogens with zero attached hydrogens (tertiary/aromatic N) is 1. The van der Waals surface area contributed by atoms with Crippen LogP contribution in [0.5, 0.6) is 11.5 Å². The van der Waals surface area contributed by atoms with Gasteiger partial charge in [0, 0.05) is 6.54 Å². The topological polar surface area (TPSA) is 50.8 Å². The Hall–Kier alpha value is -2.53. The molecule has 5 nitrogen and oxygen atoms in total. The number of hydrogen-bond acceptors (Lipinski definition) is 4. The SMILES string of the molecule is COc1ccc(C(CNC(=O)C(C)Oc2cccc(C)c2)N(C)C)cc1. The van der Waals surface area contributed by atoms with Crippen LogP contribution in [0.1, 0.15) is 24.1 Å². The van der Waals surface area contributed by atoms with E-state index in [1.807, 2.05) is 69.6 Å². The molecular weight excluding hydrogens is 328 g/mol. The Morgan fingerprint density at radius 3 is 2.38 bits per heavy atom. The van der Waals surface area contributed by atoms with E-state index >= 15 is 0 Å². The molecule has 2 aromatic carbocycles. The van der Waals surface area contributed by atoms with Crippen LogP contribution < -0.4 is 14.8 Å². The fourth-order valence-electron chi connectivity index (χ4n) is 2.71. The van der Waals surface area contributed by atoms with E-state index in [-0.39, 0.29) is 11.9 Å². The van der Waals surface area contributed by atoms with Crippen LogP contribution in [0.2, 0.25) is 0 Å². The molecule has 0 spiro atoms. The van der Waals surface area contributed by atoms with Crippen molar-refractivity contribution in [1.82, 2.24) is 10.2 Å². The van der Waals surface area contributed by atoms with Gasteiger partial charge in [-0.3, -0.25) is 4.79 Å². The summed E-state index contributed by atoms with van der Waals surface area (Å²) in [5.41, 5.74) is 2.21. The lowest BCUT2D eigenvalue weighted by molar-refractivity contribution is -0.127. The summed E-state index contributed by atoms with van der Waals surface area (Å²) in [5.74, 6) is 1.38. The second-order valence-corrected chi connectivity index (χ2v) is 6.57. The van der Waals surface area contributed by atoms with Crippen molar-refractivity contribution in [2.24, 2.45) is 0 Å². The molecule has 140 valence electrons. The van der Waals surface area contributed by atoms with E-state index < -0.39 is 6.10 Å². The van der Waals surface area contributed by atoms with Crippen LogP contribution in [-0.2, 0) is 4.79 Å². The van der Waals surface area contributed by atoms with E-state index in [2.05, 4.69) is 10.2 Å². The summed E-state index contributed by atoms with van der Waals surface area (Å²) >= 11 is 0. The van der Waals surface area contributed by atoms with Gasteiger partial charge < -0.3 is 19.7 Å². The summed E-state index contributed by atoms with van der Waals surface area (Å²) in [5, 5.41) is 2.99. The summed E-state index contributed by atoms with van der Waals surface area (Å²) in [7, 11) is 5.63. The minimum absolute atomic E-state index is 0.0658. The van der Waals surface area contributed by atoms with Crippen molar-refractivity contribution < 1.29 is 14.3 Å². The zero-order chi connectivity index (χ0) is 19.1. The number of aryl methyl sites for hydroxylation is 1. The Bertz CT molecular complexity index is 713. The number of nitrogens with one attached hydrogen (secondary N) is 1. The number of likely N-dealkylation sites (N-methyl/N-ethyl adjacent to an activating group) is 1. The average molecular weight is 356 g/mol. The summed E-state index contributed by atoms with van der Waals surface area (Å²) in [6, 6.07) is 15.6. The van der Waals surface area contributed by atoms with Crippen molar-refractivity contribution in [1.29, 1.82) is 0 Å². The molecule has 0 fully saturated rings. The summed E-state index contributed by atoms with van der Waals surface area (Å²) in [4.78, 5) is 14.5. The second kappa shape index (κ2) is 9.25. The molecule has 1 N–H and O–H groups in total. The van der Waals surface area contributed by atoms with Crippen LogP contribution >= 0.6 is 0 Å². The average Bonchev–Trinajstić information content (AvgIpc) is 2.62. The predicted molar refractivity (Wildman–Crippen MR) is 104 cm³/mol. The normalized spacial score (nSPS) is 13.2. The van der Waals surface area contributed by atoms with E-state index in [9.17, 15) is 4.79 Å². The predicted octanol–water partition coefficient (Wildman–Crippen LogP) is 3.19.